The SMILES string of the molecule is COc1ccc(NC(=O)C2=C(C)Nc3nc(-c4cccs4)nn3C2c2ccccc2OC)cc1. The Balaban J connectivity index is 1.59. The van der Waals surface area contributed by atoms with E-state index in [0.29, 0.717) is 40.2 Å². The van der Waals surface area contributed by atoms with Crippen molar-refractivity contribution in [2.24, 2.45) is 0 Å². The first-order valence-electron chi connectivity index (χ1n) is 10.7. The summed E-state index contributed by atoms with van der Waals surface area (Å²) in [6, 6.07) is 18.2. The van der Waals surface area contributed by atoms with Crippen molar-refractivity contribution >= 4 is 28.9 Å². The lowest BCUT2D eigenvalue weighted by Crippen LogP contribution is -2.31. The van der Waals surface area contributed by atoms with Crippen molar-refractivity contribution in [3.63, 3.8) is 0 Å². The number of rotatable bonds is 6. The Morgan fingerprint density at radius 1 is 1.06 bits per heavy atom. The third-order valence-electron chi connectivity index (χ3n) is 5.62. The Labute approximate surface area is 200 Å². The number of nitrogens with one attached hydrogen (secondary N) is 2. The molecular formula is C25H23N5O3S. The lowest BCUT2D eigenvalue weighted by atomic mass is 9.94. The maximum atomic E-state index is 13.6. The molecule has 0 spiro atoms. The Morgan fingerprint density at radius 2 is 1.85 bits per heavy atom. The number of thiophene rings is 1. The maximum absolute atomic E-state index is 13.6. The minimum atomic E-state index is -0.535. The predicted octanol–water partition coefficient (Wildman–Crippen LogP) is 4.95. The van der Waals surface area contributed by atoms with Crippen LogP contribution in [0.2, 0.25) is 0 Å². The summed E-state index contributed by atoms with van der Waals surface area (Å²) in [7, 11) is 3.22. The topological polar surface area (TPSA) is 90.3 Å². The first kappa shape index (κ1) is 21.7. The molecule has 1 amide bonds. The summed E-state index contributed by atoms with van der Waals surface area (Å²) in [6.45, 7) is 1.87. The third-order valence-corrected chi connectivity index (χ3v) is 6.49. The van der Waals surface area contributed by atoms with Gasteiger partial charge in [0.15, 0.2) is 5.82 Å². The van der Waals surface area contributed by atoms with E-state index in [2.05, 4.69) is 10.6 Å². The number of ether oxygens (including phenoxy) is 2. The zero-order valence-corrected chi connectivity index (χ0v) is 19.7. The molecule has 0 radical (unpaired) electrons. The van der Waals surface area contributed by atoms with Crippen molar-refractivity contribution in [2.45, 2.75) is 13.0 Å². The van der Waals surface area contributed by atoms with Gasteiger partial charge in [-0.3, -0.25) is 4.79 Å². The normalized spacial score (nSPS) is 14.9. The zero-order valence-electron chi connectivity index (χ0n) is 18.9. The molecule has 8 nitrogen and oxygen atoms in total. The van der Waals surface area contributed by atoms with E-state index in [1.165, 1.54) is 0 Å². The molecule has 1 aliphatic rings. The van der Waals surface area contributed by atoms with E-state index >= 15 is 0 Å². The number of para-hydroxylation sites is 1. The van der Waals surface area contributed by atoms with E-state index in [4.69, 9.17) is 19.6 Å². The van der Waals surface area contributed by atoms with Crippen molar-refractivity contribution in [3.05, 3.63) is 82.9 Å². The number of benzene rings is 2. The number of hydrogen-bond acceptors (Lipinski definition) is 7. The summed E-state index contributed by atoms with van der Waals surface area (Å²) in [4.78, 5) is 19.3. The van der Waals surface area contributed by atoms with Crippen LogP contribution in [0.25, 0.3) is 10.7 Å². The number of allylic oxidation sites excluding steroid dienone is 1. The number of anilines is 2. The second kappa shape index (κ2) is 9.03. The fraction of sp³-hybridized carbons (Fsp3) is 0.160. The van der Waals surface area contributed by atoms with E-state index in [9.17, 15) is 4.79 Å². The Morgan fingerprint density at radius 3 is 2.56 bits per heavy atom. The second-order valence-corrected chi connectivity index (χ2v) is 8.62. The number of amides is 1. The average molecular weight is 474 g/mol. The molecule has 2 N–H and O–H groups in total. The zero-order chi connectivity index (χ0) is 23.7. The molecule has 34 heavy (non-hydrogen) atoms. The van der Waals surface area contributed by atoms with Crippen molar-refractivity contribution in [2.75, 3.05) is 24.9 Å². The van der Waals surface area contributed by atoms with Crippen molar-refractivity contribution in [1.82, 2.24) is 14.8 Å². The van der Waals surface area contributed by atoms with Crippen LogP contribution in [0, 0.1) is 0 Å². The molecule has 0 fully saturated rings. The smallest absolute Gasteiger partial charge is 0.255 e. The largest absolute Gasteiger partial charge is 0.497 e. The number of aromatic nitrogens is 3. The van der Waals surface area contributed by atoms with Crippen LogP contribution in [-0.4, -0.2) is 34.9 Å². The highest BCUT2D eigenvalue weighted by molar-refractivity contribution is 7.13. The number of hydrogen-bond donors (Lipinski definition) is 2. The molecule has 1 unspecified atom stereocenters. The van der Waals surface area contributed by atoms with Gasteiger partial charge in [0.1, 0.15) is 17.5 Å². The van der Waals surface area contributed by atoms with E-state index in [1.54, 1.807) is 54.5 Å². The molecular weight excluding hydrogens is 450 g/mol. The Bertz CT molecular complexity index is 1360. The van der Waals surface area contributed by atoms with Crippen LogP contribution in [0.5, 0.6) is 11.5 Å². The fourth-order valence-electron chi connectivity index (χ4n) is 4.01. The van der Waals surface area contributed by atoms with E-state index < -0.39 is 6.04 Å². The van der Waals surface area contributed by atoms with E-state index in [0.717, 1.165) is 10.4 Å². The fourth-order valence-corrected chi connectivity index (χ4v) is 4.66. The van der Waals surface area contributed by atoms with E-state index in [-0.39, 0.29) is 5.91 Å². The van der Waals surface area contributed by atoms with Crippen molar-refractivity contribution in [1.29, 1.82) is 0 Å². The molecule has 3 heterocycles. The van der Waals surface area contributed by atoms with Gasteiger partial charge < -0.3 is 20.1 Å². The molecule has 2 aromatic carbocycles. The summed E-state index contributed by atoms with van der Waals surface area (Å²) in [5.41, 5.74) is 2.69. The summed E-state index contributed by atoms with van der Waals surface area (Å²) in [5, 5.41) is 13.0. The van der Waals surface area contributed by atoms with Gasteiger partial charge in [0.2, 0.25) is 5.95 Å². The monoisotopic (exact) mass is 473 g/mol. The number of nitrogens with zero attached hydrogens (tertiary/aromatic N) is 3. The first-order chi connectivity index (χ1) is 16.6. The Kier molecular flexibility index (Phi) is 5.77. The number of carbonyl (C=O) groups is 1. The highest BCUT2D eigenvalue weighted by atomic mass is 32.1. The quantitative estimate of drug-likeness (QED) is 0.412. The first-order valence-corrected chi connectivity index (χ1v) is 11.5. The minimum absolute atomic E-state index is 0.245. The van der Waals surface area contributed by atoms with Gasteiger partial charge >= 0.3 is 0 Å². The highest BCUT2D eigenvalue weighted by Crippen LogP contribution is 2.40. The molecule has 0 bridgehead atoms. The van der Waals surface area contributed by atoms with E-state index in [1.807, 2.05) is 48.7 Å². The lowest BCUT2D eigenvalue weighted by Gasteiger charge is -2.29. The van der Waals surface area contributed by atoms with Crippen LogP contribution in [0.4, 0.5) is 11.6 Å². The second-order valence-electron chi connectivity index (χ2n) is 7.67. The predicted molar refractivity (Wildman–Crippen MR) is 132 cm³/mol. The standard InChI is InChI=1S/C25H23N5O3S/c1-15-21(24(31)27-16-10-12-17(32-2)13-11-16)22(18-7-4-5-8-19(18)33-3)30-25(26-15)28-23(29-30)20-9-6-14-34-20/h4-14,22H,1-3H3,(H,27,31)(H,26,28,29). The molecule has 1 aliphatic heterocycles. The van der Waals surface area contributed by atoms with Gasteiger partial charge in [0, 0.05) is 16.9 Å². The number of fused-ring (bicyclic) bond motifs is 1. The minimum Gasteiger partial charge on any atom is -0.497 e. The molecule has 0 saturated heterocycles. The lowest BCUT2D eigenvalue weighted by molar-refractivity contribution is -0.113. The molecule has 2 aromatic heterocycles. The van der Waals surface area contributed by atoms with Gasteiger partial charge in [-0.25, -0.2) is 4.68 Å². The Hall–Kier alpha value is -4.11. The van der Waals surface area contributed by atoms with Crippen LogP contribution in [0.15, 0.2) is 77.3 Å². The summed E-state index contributed by atoms with van der Waals surface area (Å²) in [6.07, 6.45) is 0. The van der Waals surface area contributed by atoms with Gasteiger partial charge in [-0.05, 0) is 48.7 Å². The summed E-state index contributed by atoms with van der Waals surface area (Å²) < 4.78 is 12.6. The molecule has 172 valence electrons. The third kappa shape index (κ3) is 3.90. The summed E-state index contributed by atoms with van der Waals surface area (Å²) >= 11 is 1.56. The van der Waals surface area contributed by atoms with Crippen molar-refractivity contribution < 1.29 is 14.3 Å². The van der Waals surface area contributed by atoms with Crippen LogP contribution < -0.4 is 20.1 Å². The molecule has 0 aliphatic carbocycles. The van der Waals surface area contributed by atoms with Crippen LogP contribution in [0.1, 0.15) is 18.5 Å². The molecule has 1 atom stereocenters. The van der Waals surface area contributed by atoms with Gasteiger partial charge in [0.25, 0.3) is 5.91 Å². The average Bonchev–Trinajstić information content (AvgIpc) is 3.53. The van der Waals surface area contributed by atoms with Gasteiger partial charge in [-0.2, -0.15) is 4.98 Å². The number of methoxy groups -OCH3 is 2. The van der Waals surface area contributed by atoms with Crippen LogP contribution in [0.3, 0.4) is 0 Å². The molecule has 9 heteroatoms. The van der Waals surface area contributed by atoms with Gasteiger partial charge in [-0.15, -0.1) is 16.4 Å². The molecule has 0 saturated carbocycles. The van der Waals surface area contributed by atoms with Crippen molar-refractivity contribution in [3.8, 4) is 22.2 Å². The molecule has 4 aromatic rings. The van der Waals surface area contributed by atoms with Gasteiger partial charge in [-0.1, -0.05) is 24.3 Å². The summed E-state index contributed by atoms with van der Waals surface area (Å²) in [5.74, 6) is 2.30. The highest BCUT2D eigenvalue weighted by Gasteiger charge is 2.36. The number of carbonyl (C=O) groups excluding carboxylic acids is 1. The molecule has 5 rings (SSSR count). The van der Waals surface area contributed by atoms with Gasteiger partial charge in [0.05, 0.1) is 24.7 Å². The maximum Gasteiger partial charge on any atom is 0.255 e. The van der Waals surface area contributed by atoms with Crippen LogP contribution >= 0.6 is 11.3 Å². The van der Waals surface area contributed by atoms with Crippen LogP contribution in [-0.2, 0) is 4.79 Å².